The minimum atomic E-state index is 0.0666. The van der Waals surface area contributed by atoms with Gasteiger partial charge in [0.25, 0.3) is 0 Å². The quantitative estimate of drug-likeness (QED) is 0.679. The van der Waals surface area contributed by atoms with Gasteiger partial charge in [0.2, 0.25) is 0 Å². The van der Waals surface area contributed by atoms with Crippen molar-refractivity contribution < 1.29 is 4.79 Å². The molecular formula is C21H21N3OS. The molecule has 26 heavy (non-hydrogen) atoms. The maximum absolute atomic E-state index is 12.0. The molecule has 3 heterocycles. The molecule has 2 aliphatic rings. The highest BCUT2D eigenvalue weighted by atomic mass is 32.1. The van der Waals surface area contributed by atoms with Gasteiger partial charge in [-0.3, -0.25) is 4.79 Å². The van der Waals surface area contributed by atoms with E-state index in [1.807, 2.05) is 13.0 Å². The molecule has 0 amide bonds. The number of aromatic nitrogens is 2. The summed E-state index contributed by atoms with van der Waals surface area (Å²) in [6.45, 7) is 3.53. The van der Waals surface area contributed by atoms with Gasteiger partial charge in [-0.25, -0.2) is 9.97 Å². The Hall–Kier alpha value is -2.27. The minimum absolute atomic E-state index is 0.0666. The van der Waals surface area contributed by atoms with Gasteiger partial charge in [0, 0.05) is 42.3 Å². The van der Waals surface area contributed by atoms with E-state index in [0.717, 1.165) is 34.9 Å². The summed E-state index contributed by atoms with van der Waals surface area (Å²) in [5.41, 5.74) is 2.40. The lowest BCUT2D eigenvalue weighted by atomic mass is 9.98. The van der Waals surface area contributed by atoms with E-state index in [1.54, 1.807) is 11.3 Å². The Morgan fingerprint density at radius 3 is 2.69 bits per heavy atom. The number of benzene rings is 1. The van der Waals surface area contributed by atoms with Crippen LogP contribution in [-0.2, 0) is 4.79 Å². The number of fused-ring (bicyclic) bond motifs is 1. The number of anilines is 1. The molecule has 1 aliphatic carbocycles. The van der Waals surface area contributed by atoms with Crippen molar-refractivity contribution in [2.75, 3.05) is 18.0 Å². The molecule has 5 rings (SSSR count). The van der Waals surface area contributed by atoms with E-state index in [-0.39, 0.29) is 5.92 Å². The van der Waals surface area contributed by atoms with Crippen molar-refractivity contribution in [1.29, 1.82) is 0 Å². The molecule has 4 nitrogen and oxygen atoms in total. The Bertz CT molecular complexity index is 978. The number of hydrogen-bond acceptors (Lipinski definition) is 5. The number of piperidine rings is 1. The molecule has 1 saturated carbocycles. The molecule has 3 aromatic rings. The fourth-order valence-corrected chi connectivity index (χ4v) is 4.68. The molecule has 5 heteroatoms. The van der Waals surface area contributed by atoms with Crippen molar-refractivity contribution in [2.45, 2.75) is 32.1 Å². The summed E-state index contributed by atoms with van der Waals surface area (Å²) in [7, 11) is 0. The molecule has 1 aromatic carbocycles. The zero-order chi connectivity index (χ0) is 17.7. The molecule has 2 fully saturated rings. The van der Waals surface area contributed by atoms with E-state index >= 15 is 0 Å². The van der Waals surface area contributed by atoms with Crippen LogP contribution < -0.4 is 4.90 Å². The Kier molecular flexibility index (Phi) is 3.78. The summed E-state index contributed by atoms with van der Waals surface area (Å²) in [5.74, 6) is 2.96. The van der Waals surface area contributed by atoms with Crippen molar-refractivity contribution in [3.63, 3.8) is 0 Å². The molecule has 1 unspecified atom stereocenters. The van der Waals surface area contributed by atoms with Crippen molar-refractivity contribution in [2.24, 2.45) is 5.92 Å². The van der Waals surface area contributed by atoms with Crippen LogP contribution in [0, 0.1) is 5.92 Å². The van der Waals surface area contributed by atoms with Crippen LogP contribution in [0.15, 0.2) is 35.7 Å². The average Bonchev–Trinajstić information content (AvgIpc) is 3.43. The number of ketones is 1. The summed E-state index contributed by atoms with van der Waals surface area (Å²) < 4.78 is 0. The smallest absolute Gasteiger partial charge is 0.141 e. The molecule has 0 bridgehead atoms. The predicted octanol–water partition coefficient (Wildman–Crippen LogP) is 4.65. The first-order chi connectivity index (χ1) is 12.7. The van der Waals surface area contributed by atoms with Crippen LogP contribution in [0.2, 0.25) is 0 Å². The molecule has 1 atom stereocenters. The third-order valence-electron chi connectivity index (χ3n) is 5.43. The first-order valence-electron chi connectivity index (χ1n) is 9.33. The second kappa shape index (κ2) is 6.16. The van der Waals surface area contributed by atoms with Gasteiger partial charge in [-0.05, 0) is 18.4 Å². The van der Waals surface area contributed by atoms with Crippen LogP contribution in [-0.4, -0.2) is 28.8 Å². The number of thiophene rings is 1. The van der Waals surface area contributed by atoms with Gasteiger partial charge in [-0.1, -0.05) is 37.3 Å². The van der Waals surface area contributed by atoms with Gasteiger partial charge >= 0.3 is 0 Å². The predicted molar refractivity (Wildman–Crippen MR) is 106 cm³/mol. The van der Waals surface area contributed by atoms with E-state index in [0.29, 0.717) is 18.1 Å². The molecular weight excluding hydrogens is 342 g/mol. The fraction of sp³-hybridized carbons (Fsp3) is 0.381. The third kappa shape index (κ3) is 2.71. The second-order valence-electron chi connectivity index (χ2n) is 7.44. The Balaban J connectivity index is 1.68. The first-order valence-corrected chi connectivity index (χ1v) is 10.2. The third-order valence-corrected chi connectivity index (χ3v) is 6.30. The number of carbonyl (C=O) groups excluding carboxylic acids is 1. The minimum Gasteiger partial charge on any atom is -0.355 e. The second-order valence-corrected chi connectivity index (χ2v) is 8.30. The average molecular weight is 363 g/mol. The van der Waals surface area contributed by atoms with Gasteiger partial charge < -0.3 is 4.90 Å². The molecule has 2 aromatic heterocycles. The number of carbonyl (C=O) groups is 1. The highest BCUT2D eigenvalue weighted by Gasteiger charge is 2.31. The van der Waals surface area contributed by atoms with Gasteiger partial charge in [0.1, 0.15) is 22.3 Å². The number of nitrogens with zero attached hydrogens (tertiary/aromatic N) is 3. The molecule has 1 aliphatic heterocycles. The van der Waals surface area contributed by atoms with Crippen LogP contribution >= 0.6 is 11.3 Å². The monoisotopic (exact) mass is 363 g/mol. The van der Waals surface area contributed by atoms with Crippen LogP contribution in [0.4, 0.5) is 5.82 Å². The zero-order valence-corrected chi connectivity index (χ0v) is 15.6. The molecule has 1 saturated heterocycles. The summed E-state index contributed by atoms with van der Waals surface area (Å²) in [4.78, 5) is 25.3. The maximum Gasteiger partial charge on any atom is 0.141 e. The highest BCUT2D eigenvalue weighted by molar-refractivity contribution is 7.17. The van der Waals surface area contributed by atoms with E-state index in [1.165, 1.54) is 24.0 Å². The molecule has 0 spiro atoms. The van der Waals surface area contributed by atoms with Crippen LogP contribution in [0.3, 0.4) is 0 Å². The standard InChI is InChI=1S/C21H21N3OS/c1-13-11-24(10-9-17(13)25)20-18-16(14-5-3-2-4-6-14)12-26-21(18)23-19(22-20)15-7-8-15/h2-6,12-13,15H,7-11H2,1H3. The molecule has 0 N–H and O–H groups in total. The Morgan fingerprint density at radius 2 is 1.96 bits per heavy atom. The van der Waals surface area contributed by atoms with Gasteiger partial charge in [-0.2, -0.15) is 0 Å². The van der Waals surface area contributed by atoms with Crippen LogP contribution in [0.25, 0.3) is 21.3 Å². The lowest BCUT2D eigenvalue weighted by molar-refractivity contribution is -0.122. The number of rotatable bonds is 3. The highest BCUT2D eigenvalue weighted by Crippen LogP contribution is 2.43. The van der Waals surface area contributed by atoms with E-state index in [9.17, 15) is 4.79 Å². The summed E-state index contributed by atoms with van der Waals surface area (Å²) in [5, 5.41) is 3.35. The lowest BCUT2D eigenvalue weighted by Crippen LogP contribution is -2.40. The Morgan fingerprint density at radius 1 is 1.15 bits per heavy atom. The lowest BCUT2D eigenvalue weighted by Gasteiger charge is -2.31. The summed E-state index contributed by atoms with van der Waals surface area (Å²) in [6, 6.07) is 10.5. The largest absolute Gasteiger partial charge is 0.355 e. The Labute approximate surface area is 156 Å². The van der Waals surface area contributed by atoms with Crippen molar-refractivity contribution >= 4 is 33.2 Å². The summed E-state index contributed by atoms with van der Waals surface area (Å²) in [6.07, 6.45) is 2.99. The van der Waals surface area contributed by atoms with Crippen LogP contribution in [0.5, 0.6) is 0 Å². The van der Waals surface area contributed by atoms with Crippen molar-refractivity contribution in [1.82, 2.24) is 9.97 Å². The van der Waals surface area contributed by atoms with Gasteiger partial charge in [-0.15, -0.1) is 11.3 Å². The van der Waals surface area contributed by atoms with E-state index in [4.69, 9.17) is 9.97 Å². The topological polar surface area (TPSA) is 46.1 Å². The number of hydrogen-bond donors (Lipinski definition) is 0. The van der Waals surface area contributed by atoms with Gasteiger partial charge in [0.05, 0.1) is 5.39 Å². The maximum atomic E-state index is 12.0. The number of Topliss-reactive ketones (excluding diaryl/α,β-unsaturated/α-hetero) is 1. The van der Waals surface area contributed by atoms with Gasteiger partial charge in [0.15, 0.2) is 0 Å². The van der Waals surface area contributed by atoms with Crippen molar-refractivity contribution in [3.8, 4) is 11.1 Å². The normalized spacial score (nSPS) is 20.7. The summed E-state index contributed by atoms with van der Waals surface area (Å²) >= 11 is 1.70. The van der Waals surface area contributed by atoms with Crippen LogP contribution in [0.1, 0.15) is 37.9 Å². The van der Waals surface area contributed by atoms with E-state index in [2.05, 4.69) is 34.5 Å². The van der Waals surface area contributed by atoms with E-state index < -0.39 is 0 Å². The zero-order valence-electron chi connectivity index (χ0n) is 14.8. The molecule has 0 radical (unpaired) electrons. The van der Waals surface area contributed by atoms with Crippen molar-refractivity contribution in [3.05, 3.63) is 41.5 Å². The molecule has 132 valence electrons. The first kappa shape index (κ1) is 15.9. The fourth-order valence-electron chi connectivity index (χ4n) is 3.73. The SMILES string of the molecule is CC1CN(c2nc(C3CC3)nc3scc(-c4ccccc4)c23)CCC1=O.